The lowest BCUT2D eigenvalue weighted by Gasteiger charge is -2.10. The lowest BCUT2D eigenvalue weighted by Crippen LogP contribution is -2.27. The Hall–Kier alpha value is -2.05. The lowest BCUT2D eigenvalue weighted by atomic mass is 10.2. The van der Waals surface area contributed by atoms with Crippen LogP contribution < -0.4 is 5.32 Å². The highest BCUT2D eigenvalue weighted by Crippen LogP contribution is 2.07. The third kappa shape index (κ3) is 3.70. The van der Waals surface area contributed by atoms with Crippen LogP contribution in [0.2, 0.25) is 0 Å². The van der Waals surface area contributed by atoms with Crippen molar-refractivity contribution < 1.29 is 0 Å². The summed E-state index contributed by atoms with van der Waals surface area (Å²) in [5.74, 6) is 2.77. The maximum atomic E-state index is 5.48. The van der Waals surface area contributed by atoms with Crippen molar-refractivity contribution in [3.8, 4) is 18.0 Å². The summed E-state index contributed by atoms with van der Waals surface area (Å²) in [5, 5.41) is 7.87. The summed E-state index contributed by atoms with van der Waals surface area (Å²) in [5.41, 5.74) is 2.07. The van der Waals surface area contributed by atoms with E-state index in [2.05, 4.69) is 23.3 Å². The molecule has 98 valence electrons. The summed E-state index contributed by atoms with van der Waals surface area (Å²) in [7, 11) is 0. The molecular weight excluding hydrogens is 234 g/mol. The first-order valence-electron chi connectivity index (χ1n) is 6.63. The quantitative estimate of drug-likeness (QED) is 0.802. The standard InChI is InChI=1S/C16H19N3/c1-3-8-14(4-2)17-13-15-11-12-19(18-15)16-9-6-5-7-10-16/h2,5-7,9-12,14,17H,3,8,13H2,1H3. The number of para-hydroxylation sites is 1. The zero-order chi connectivity index (χ0) is 13.5. The fourth-order valence-electron chi connectivity index (χ4n) is 1.94. The van der Waals surface area contributed by atoms with Crippen LogP contribution in [0, 0.1) is 12.3 Å². The van der Waals surface area contributed by atoms with Gasteiger partial charge in [0.05, 0.1) is 17.4 Å². The average Bonchev–Trinajstić information content (AvgIpc) is 2.93. The first-order valence-corrected chi connectivity index (χ1v) is 6.63. The van der Waals surface area contributed by atoms with Crippen molar-refractivity contribution in [3.63, 3.8) is 0 Å². The molecule has 1 aromatic heterocycles. The number of benzene rings is 1. The molecule has 1 atom stereocenters. The van der Waals surface area contributed by atoms with Crippen molar-refractivity contribution in [1.29, 1.82) is 0 Å². The third-order valence-corrected chi connectivity index (χ3v) is 2.97. The SMILES string of the molecule is C#CC(CCC)NCc1ccn(-c2ccccc2)n1. The number of aromatic nitrogens is 2. The molecule has 0 radical (unpaired) electrons. The molecule has 2 rings (SSSR count). The maximum absolute atomic E-state index is 5.48. The second-order valence-corrected chi connectivity index (χ2v) is 4.48. The van der Waals surface area contributed by atoms with Crippen LogP contribution in [0.1, 0.15) is 25.5 Å². The number of hydrogen-bond acceptors (Lipinski definition) is 2. The smallest absolute Gasteiger partial charge is 0.0767 e. The van der Waals surface area contributed by atoms with Crippen LogP contribution in [-0.4, -0.2) is 15.8 Å². The highest BCUT2D eigenvalue weighted by atomic mass is 15.3. The summed E-state index contributed by atoms with van der Waals surface area (Å²) in [6.07, 6.45) is 9.53. The van der Waals surface area contributed by atoms with Crippen LogP contribution in [0.15, 0.2) is 42.6 Å². The van der Waals surface area contributed by atoms with Crippen LogP contribution >= 0.6 is 0 Å². The van der Waals surface area contributed by atoms with E-state index in [9.17, 15) is 0 Å². The van der Waals surface area contributed by atoms with E-state index in [0.717, 1.165) is 24.2 Å². The summed E-state index contributed by atoms with van der Waals surface area (Å²) in [6, 6.07) is 12.2. The van der Waals surface area contributed by atoms with Gasteiger partial charge in [0.25, 0.3) is 0 Å². The average molecular weight is 253 g/mol. The van der Waals surface area contributed by atoms with Crippen molar-refractivity contribution in [1.82, 2.24) is 15.1 Å². The van der Waals surface area contributed by atoms with Gasteiger partial charge in [-0.15, -0.1) is 6.42 Å². The first-order chi connectivity index (χ1) is 9.33. The Kier molecular flexibility index (Phi) is 4.77. The Morgan fingerprint density at radius 1 is 1.32 bits per heavy atom. The predicted molar refractivity (Wildman–Crippen MR) is 77.9 cm³/mol. The Bertz CT molecular complexity index is 537. The zero-order valence-corrected chi connectivity index (χ0v) is 11.2. The molecule has 0 saturated heterocycles. The summed E-state index contributed by atoms with van der Waals surface area (Å²) >= 11 is 0. The number of nitrogens with one attached hydrogen (secondary N) is 1. The molecule has 0 amide bonds. The number of rotatable bonds is 6. The minimum Gasteiger partial charge on any atom is -0.298 e. The van der Waals surface area contributed by atoms with Gasteiger partial charge in [-0.05, 0) is 24.6 Å². The van der Waals surface area contributed by atoms with Crippen LogP contribution in [0.5, 0.6) is 0 Å². The largest absolute Gasteiger partial charge is 0.298 e. The molecule has 1 N–H and O–H groups in total. The van der Waals surface area contributed by atoms with Crippen molar-refractivity contribution in [2.45, 2.75) is 32.4 Å². The van der Waals surface area contributed by atoms with Gasteiger partial charge in [0.15, 0.2) is 0 Å². The van der Waals surface area contributed by atoms with Gasteiger partial charge in [0, 0.05) is 12.7 Å². The molecule has 3 heteroatoms. The second-order valence-electron chi connectivity index (χ2n) is 4.48. The topological polar surface area (TPSA) is 29.9 Å². The predicted octanol–water partition coefficient (Wildman–Crippen LogP) is 2.76. The molecule has 19 heavy (non-hydrogen) atoms. The minimum atomic E-state index is 0.131. The highest BCUT2D eigenvalue weighted by molar-refractivity contribution is 5.30. The van der Waals surface area contributed by atoms with E-state index in [-0.39, 0.29) is 6.04 Å². The molecule has 0 fully saturated rings. The summed E-state index contributed by atoms with van der Waals surface area (Å²) in [6.45, 7) is 2.84. The van der Waals surface area contributed by atoms with E-state index in [0.29, 0.717) is 6.54 Å². The van der Waals surface area contributed by atoms with E-state index in [1.807, 2.05) is 47.3 Å². The molecular formula is C16H19N3. The van der Waals surface area contributed by atoms with Crippen LogP contribution in [-0.2, 0) is 6.54 Å². The van der Waals surface area contributed by atoms with Gasteiger partial charge in [-0.25, -0.2) is 4.68 Å². The van der Waals surface area contributed by atoms with Crippen molar-refractivity contribution >= 4 is 0 Å². The lowest BCUT2D eigenvalue weighted by molar-refractivity contribution is 0.555. The molecule has 0 saturated carbocycles. The van der Waals surface area contributed by atoms with Crippen molar-refractivity contribution in [2.24, 2.45) is 0 Å². The molecule has 0 bridgehead atoms. The van der Waals surface area contributed by atoms with Crippen LogP contribution in [0.3, 0.4) is 0 Å². The highest BCUT2D eigenvalue weighted by Gasteiger charge is 2.05. The van der Waals surface area contributed by atoms with Gasteiger partial charge in [-0.1, -0.05) is 37.5 Å². The molecule has 3 nitrogen and oxygen atoms in total. The third-order valence-electron chi connectivity index (χ3n) is 2.97. The Morgan fingerprint density at radius 2 is 2.11 bits per heavy atom. The molecule has 1 heterocycles. The number of terminal acetylenes is 1. The van der Waals surface area contributed by atoms with Crippen molar-refractivity contribution in [3.05, 3.63) is 48.3 Å². The van der Waals surface area contributed by atoms with Gasteiger partial charge < -0.3 is 0 Å². The minimum absolute atomic E-state index is 0.131. The van der Waals surface area contributed by atoms with Crippen LogP contribution in [0.4, 0.5) is 0 Å². The van der Waals surface area contributed by atoms with E-state index < -0.39 is 0 Å². The van der Waals surface area contributed by atoms with Gasteiger partial charge in [-0.2, -0.15) is 5.10 Å². The fraction of sp³-hybridized carbons (Fsp3) is 0.312. The molecule has 0 aliphatic carbocycles. The Labute approximate surface area is 114 Å². The normalized spacial score (nSPS) is 12.0. The van der Waals surface area contributed by atoms with Crippen molar-refractivity contribution in [2.75, 3.05) is 0 Å². The Balaban J connectivity index is 1.97. The zero-order valence-electron chi connectivity index (χ0n) is 11.2. The molecule has 0 aliphatic rings. The summed E-state index contributed by atoms with van der Waals surface area (Å²) in [4.78, 5) is 0. The monoisotopic (exact) mass is 253 g/mol. The molecule has 2 aromatic rings. The number of nitrogens with zero attached hydrogens (tertiary/aromatic N) is 2. The summed E-state index contributed by atoms with van der Waals surface area (Å²) < 4.78 is 1.88. The fourth-order valence-corrected chi connectivity index (χ4v) is 1.94. The van der Waals surface area contributed by atoms with Gasteiger partial charge >= 0.3 is 0 Å². The maximum Gasteiger partial charge on any atom is 0.0767 e. The molecule has 1 unspecified atom stereocenters. The van der Waals surface area contributed by atoms with Crippen LogP contribution in [0.25, 0.3) is 5.69 Å². The van der Waals surface area contributed by atoms with E-state index >= 15 is 0 Å². The second kappa shape index (κ2) is 6.77. The molecule has 0 aliphatic heterocycles. The van der Waals surface area contributed by atoms with E-state index in [1.54, 1.807) is 0 Å². The number of hydrogen-bond donors (Lipinski definition) is 1. The molecule has 1 aromatic carbocycles. The van der Waals surface area contributed by atoms with Gasteiger partial charge in [0.1, 0.15) is 0 Å². The van der Waals surface area contributed by atoms with E-state index in [4.69, 9.17) is 6.42 Å². The molecule has 0 spiro atoms. The van der Waals surface area contributed by atoms with Gasteiger partial charge in [0.2, 0.25) is 0 Å². The first kappa shape index (κ1) is 13.4. The Morgan fingerprint density at radius 3 is 2.79 bits per heavy atom. The van der Waals surface area contributed by atoms with E-state index in [1.165, 1.54) is 0 Å². The van der Waals surface area contributed by atoms with Gasteiger partial charge in [-0.3, -0.25) is 5.32 Å².